The zero-order chi connectivity index (χ0) is 12.5. The van der Waals surface area contributed by atoms with E-state index < -0.39 is 12.7 Å². The highest BCUT2D eigenvalue weighted by atomic mass is 19.4. The van der Waals surface area contributed by atoms with E-state index in [2.05, 4.69) is 4.98 Å². The van der Waals surface area contributed by atoms with Crippen LogP contribution in [0.5, 0.6) is 0 Å². The molecule has 1 aromatic rings. The first-order valence-corrected chi connectivity index (χ1v) is 5.48. The van der Waals surface area contributed by atoms with Gasteiger partial charge in [0.05, 0.1) is 17.6 Å². The number of halogens is 3. The Kier molecular flexibility index (Phi) is 3.24. The molecule has 0 spiro atoms. The summed E-state index contributed by atoms with van der Waals surface area (Å²) in [6.07, 6.45) is -1.09. The minimum atomic E-state index is -4.19. The van der Waals surface area contributed by atoms with Gasteiger partial charge >= 0.3 is 6.18 Å². The van der Waals surface area contributed by atoms with Gasteiger partial charge in [-0.3, -0.25) is 4.98 Å². The van der Waals surface area contributed by atoms with E-state index in [1.807, 2.05) is 0 Å². The lowest BCUT2D eigenvalue weighted by Gasteiger charge is -2.25. The molecule has 1 aliphatic carbocycles. The summed E-state index contributed by atoms with van der Waals surface area (Å²) in [6.45, 7) is -0.621. The number of hydrogen-bond acceptors (Lipinski definition) is 3. The number of pyridine rings is 1. The van der Waals surface area contributed by atoms with E-state index in [4.69, 9.17) is 5.73 Å². The summed E-state index contributed by atoms with van der Waals surface area (Å²) in [6, 6.07) is 3.32. The number of alkyl halides is 3. The van der Waals surface area contributed by atoms with Crippen molar-refractivity contribution in [2.24, 2.45) is 5.73 Å². The molecule has 1 fully saturated rings. The number of rotatable bonds is 4. The van der Waals surface area contributed by atoms with Crippen LogP contribution in [-0.4, -0.2) is 23.7 Å². The van der Waals surface area contributed by atoms with Gasteiger partial charge in [0.2, 0.25) is 0 Å². The number of anilines is 1. The highest BCUT2D eigenvalue weighted by Gasteiger charge is 2.38. The smallest absolute Gasteiger partial charge is 0.358 e. The van der Waals surface area contributed by atoms with Crippen molar-refractivity contribution in [3.8, 4) is 0 Å². The fourth-order valence-corrected chi connectivity index (χ4v) is 1.72. The Bertz CT molecular complexity index is 371. The van der Waals surface area contributed by atoms with Gasteiger partial charge in [0.15, 0.2) is 0 Å². The van der Waals surface area contributed by atoms with E-state index in [-0.39, 0.29) is 6.04 Å². The van der Waals surface area contributed by atoms with Crippen LogP contribution in [0.15, 0.2) is 18.3 Å². The number of nitrogens with two attached hydrogens (primary N) is 1. The van der Waals surface area contributed by atoms with Crippen LogP contribution in [0.25, 0.3) is 0 Å². The molecule has 17 heavy (non-hydrogen) atoms. The van der Waals surface area contributed by atoms with E-state index >= 15 is 0 Å². The molecule has 0 amide bonds. The van der Waals surface area contributed by atoms with Crippen LogP contribution in [0, 0.1) is 0 Å². The molecule has 2 rings (SSSR count). The Labute approximate surface area is 97.4 Å². The fourth-order valence-electron chi connectivity index (χ4n) is 1.72. The zero-order valence-electron chi connectivity index (χ0n) is 9.24. The van der Waals surface area contributed by atoms with Crippen molar-refractivity contribution in [3.63, 3.8) is 0 Å². The molecular formula is C11H14F3N3. The summed E-state index contributed by atoms with van der Waals surface area (Å²) in [4.78, 5) is 5.39. The van der Waals surface area contributed by atoms with Crippen LogP contribution in [0.4, 0.5) is 18.9 Å². The minimum absolute atomic E-state index is 0.00199. The SMILES string of the molecule is NCc1ccc(N(CC(F)(F)F)C2CC2)cn1. The van der Waals surface area contributed by atoms with Gasteiger partial charge in [0.1, 0.15) is 6.54 Å². The third-order valence-electron chi connectivity index (χ3n) is 2.69. The molecule has 3 nitrogen and oxygen atoms in total. The molecule has 0 aliphatic heterocycles. The van der Waals surface area contributed by atoms with Crippen molar-refractivity contribution < 1.29 is 13.2 Å². The second-order valence-electron chi connectivity index (χ2n) is 4.19. The van der Waals surface area contributed by atoms with Gasteiger partial charge in [-0.2, -0.15) is 13.2 Å². The van der Waals surface area contributed by atoms with Gasteiger partial charge in [-0.05, 0) is 25.0 Å². The monoisotopic (exact) mass is 245 g/mol. The van der Waals surface area contributed by atoms with Crippen LogP contribution in [0.2, 0.25) is 0 Å². The topological polar surface area (TPSA) is 42.1 Å². The van der Waals surface area contributed by atoms with Crippen molar-refractivity contribution in [3.05, 3.63) is 24.0 Å². The van der Waals surface area contributed by atoms with Crippen LogP contribution >= 0.6 is 0 Å². The van der Waals surface area contributed by atoms with Crippen molar-refractivity contribution >= 4 is 5.69 Å². The van der Waals surface area contributed by atoms with Gasteiger partial charge in [-0.1, -0.05) is 0 Å². The van der Waals surface area contributed by atoms with Gasteiger partial charge in [0.25, 0.3) is 0 Å². The summed E-state index contributed by atoms with van der Waals surface area (Å²) >= 11 is 0. The maximum Gasteiger partial charge on any atom is 0.405 e. The van der Waals surface area contributed by atoms with Crippen molar-refractivity contribution in [1.29, 1.82) is 0 Å². The molecule has 1 saturated carbocycles. The van der Waals surface area contributed by atoms with Gasteiger partial charge in [-0.25, -0.2) is 0 Å². The summed E-state index contributed by atoms with van der Waals surface area (Å²) in [7, 11) is 0. The van der Waals surface area contributed by atoms with Crippen LogP contribution < -0.4 is 10.6 Å². The maximum atomic E-state index is 12.4. The molecule has 0 saturated heterocycles. The average molecular weight is 245 g/mol. The quantitative estimate of drug-likeness (QED) is 0.883. The molecule has 0 bridgehead atoms. The standard InChI is InChI=1S/C11H14F3N3/c12-11(13,14)7-17(9-3-4-9)10-2-1-8(5-15)16-6-10/h1-2,6,9H,3-5,7,15H2. The molecule has 1 heterocycles. The number of hydrogen-bond donors (Lipinski definition) is 1. The summed E-state index contributed by atoms with van der Waals surface area (Å²) in [5, 5.41) is 0. The second kappa shape index (κ2) is 4.52. The van der Waals surface area contributed by atoms with E-state index in [0.717, 1.165) is 12.8 Å². The molecular weight excluding hydrogens is 231 g/mol. The Morgan fingerprint density at radius 2 is 2.06 bits per heavy atom. The van der Waals surface area contributed by atoms with E-state index in [1.165, 1.54) is 11.1 Å². The van der Waals surface area contributed by atoms with Gasteiger partial charge in [-0.15, -0.1) is 0 Å². The third kappa shape index (κ3) is 3.33. The minimum Gasteiger partial charge on any atom is -0.358 e. The molecule has 6 heteroatoms. The first-order valence-electron chi connectivity index (χ1n) is 5.48. The van der Waals surface area contributed by atoms with E-state index in [0.29, 0.717) is 17.9 Å². The Hall–Kier alpha value is -1.30. The normalized spacial score (nSPS) is 16.0. The molecule has 0 atom stereocenters. The molecule has 1 aliphatic rings. The summed E-state index contributed by atoms with van der Waals surface area (Å²) < 4.78 is 37.3. The lowest BCUT2D eigenvalue weighted by molar-refractivity contribution is -0.120. The second-order valence-corrected chi connectivity index (χ2v) is 4.19. The van der Waals surface area contributed by atoms with E-state index in [1.54, 1.807) is 12.1 Å². The fraction of sp³-hybridized carbons (Fsp3) is 0.545. The molecule has 2 N–H and O–H groups in total. The first kappa shape index (κ1) is 12.2. The Morgan fingerprint density at radius 1 is 1.35 bits per heavy atom. The molecule has 0 aromatic carbocycles. The van der Waals surface area contributed by atoms with Crippen molar-refractivity contribution in [2.45, 2.75) is 31.6 Å². The predicted molar refractivity (Wildman–Crippen MR) is 58.6 cm³/mol. The molecule has 0 radical (unpaired) electrons. The molecule has 1 aromatic heterocycles. The zero-order valence-corrected chi connectivity index (χ0v) is 9.24. The summed E-state index contributed by atoms with van der Waals surface area (Å²) in [5.41, 5.74) is 6.59. The Morgan fingerprint density at radius 3 is 2.47 bits per heavy atom. The number of nitrogens with zero attached hydrogens (tertiary/aromatic N) is 2. The van der Waals surface area contributed by atoms with Crippen LogP contribution in [-0.2, 0) is 6.54 Å². The highest BCUT2D eigenvalue weighted by molar-refractivity contribution is 5.47. The van der Waals surface area contributed by atoms with Crippen LogP contribution in [0.3, 0.4) is 0 Å². The highest BCUT2D eigenvalue weighted by Crippen LogP contribution is 2.33. The van der Waals surface area contributed by atoms with Crippen LogP contribution in [0.1, 0.15) is 18.5 Å². The summed E-state index contributed by atoms with van der Waals surface area (Å²) in [5.74, 6) is 0. The lowest BCUT2D eigenvalue weighted by Crippen LogP contribution is -2.36. The first-order chi connectivity index (χ1) is 7.99. The third-order valence-corrected chi connectivity index (χ3v) is 2.69. The maximum absolute atomic E-state index is 12.4. The number of aromatic nitrogens is 1. The predicted octanol–water partition coefficient (Wildman–Crippen LogP) is 2.07. The van der Waals surface area contributed by atoms with Crippen molar-refractivity contribution in [1.82, 2.24) is 4.98 Å². The average Bonchev–Trinajstić information content (AvgIpc) is 3.09. The van der Waals surface area contributed by atoms with E-state index in [9.17, 15) is 13.2 Å². The molecule has 0 unspecified atom stereocenters. The Balaban J connectivity index is 2.14. The van der Waals surface area contributed by atoms with Gasteiger partial charge < -0.3 is 10.6 Å². The van der Waals surface area contributed by atoms with Crippen molar-refractivity contribution in [2.75, 3.05) is 11.4 Å². The molecule has 94 valence electrons. The largest absolute Gasteiger partial charge is 0.405 e. The van der Waals surface area contributed by atoms with Gasteiger partial charge in [0, 0.05) is 12.6 Å². The lowest BCUT2D eigenvalue weighted by atomic mass is 10.3.